The molecule has 0 aliphatic carbocycles. The molecule has 0 radical (unpaired) electrons. The van der Waals surface area contributed by atoms with E-state index in [0.717, 1.165) is 11.1 Å². The molecule has 3 aromatic carbocycles. The fraction of sp³-hybridized carbons (Fsp3) is 0.115. The minimum absolute atomic E-state index is 0.214. The predicted molar refractivity (Wildman–Crippen MR) is 127 cm³/mol. The zero-order valence-corrected chi connectivity index (χ0v) is 18.3. The van der Waals surface area contributed by atoms with Gasteiger partial charge in [0, 0.05) is 23.0 Å². The second kappa shape index (κ2) is 11.3. The third-order valence-electron chi connectivity index (χ3n) is 4.49. The number of aryl methyl sites for hydroxylation is 1. The molecule has 33 heavy (non-hydrogen) atoms. The average molecular weight is 444 g/mol. The first-order chi connectivity index (χ1) is 15.9. The summed E-state index contributed by atoms with van der Waals surface area (Å²) in [7, 11) is 0. The summed E-state index contributed by atoms with van der Waals surface area (Å²) in [5.74, 6) is -0.297. The van der Waals surface area contributed by atoms with Crippen molar-refractivity contribution in [2.45, 2.75) is 13.8 Å². The minimum atomic E-state index is -0.799. The van der Waals surface area contributed by atoms with Crippen LogP contribution in [0.1, 0.15) is 28.4 Å². The third-order valence-corrected chi connectivity index (χ3v) is 4.49. The summed E-state index contributed by atoms with van der Waals surface area (Å²) < 4.78 is 9.67. The number of rotatable bonds is 7. The van der Waals surface area contributed by atoms with Crippen LogP contribution in [-0.4, -0.2) is 24.6 Å². The number of benzene rings is 3. The Morgan fingerprint density at radius 3 is 2.03 bits per heavy atom. The van der Waals surface area contributed by atoms with Crippen LogP contribution >= 0.6 is 0 Å². The Morgan fingerprint density at radius 2 is 1.42 bits per heavy atom. The minimum Gasteiger partial charge on any atom is -0.434 e. The van der Waals surface area contributed by atoms with Crippen molar-refractivity contribution in [2.75, 3.05) is 17.2 Å². The normalized spacial score (nSPS) is 10.5. The molecule has 2 N–H and O–H groups in total. The van der Waals surface area contributed by atoms with Gasteiger partial charge in [0.2, 0.25) is 5.91 Å². The van der Waals surface area contributed by atoms with Gasteiger partial charge in [0.05, 0.1) is 6.61 Å². The molecule has 0 saturated heterocycles. The van der Waals surface area contributed by atoms with Gasteiger partial charge < -0.3 is 20.1 Å². The van der Waals surface area contributed by atoms with E-state index in [1.54, 1.807) is 49.4 Å². The molecule has 7 heteroatoms. The molecule has 0 bridgehead atoms. The molecule has 0 heterocycles. The lowest BCUT2D eigenvalue weighted by atomic mass is 10.1. The van der Waals surface area contributed by atoms with Gasteiger partial charge in [-0.3, -0.25) is 9.59 Å². The topological polar surface area (TPSA) is 93.7 Å². The van der Waals surface area contributed by atoms with Crippen molar-refractivity contribution in [2.24, 2.45) is 0 Å². The molecule has 0 unspecified atom stereocenters. The molecule has 168 valence electrons. The number of hydrogen-bond donors (Lipinski definition) is 2. The van der Waals surface area contributed by atoms with Gasteiger partial charge in [0.1, 0.15) is 5.75 Å². The van der Waals surface area contributed by atoms with Crippen molar-refractivity contribution >= 4 is 35.4 Å². The second-order valence-corrected chi connectivity index (χ2v) is 7.07. The van der Waals surface area contributed by atoms with Crippen LogP contribution in [0.4, 0.5) is 16.2 Å². The van der Waals surface area contributed by atoms with Crippen LogP contribution in [-0.2, 0) is 9.53 Å². The summed E-state index contributed by atoms with van der Waals surface area (Å²) in [4.78, 5) is 35.9. The molecule has 0 aliphatic rings. The predicted octanol–water partition coefficient (Wildman–Crippen LogP) is 5.43. The van der Waals surface area contributed by atoms with Gasteiger partial charge in [-0.1, -0.05) is 29.8 Å². The summed E-state index contributed by atoms with van der Waals surface area (Å²) in [6.45, 7) is 3.90. The average Bonchev–Trinajstić information content (AvgIpc) is 2.80. The lowest BCUT2D eigenvalue weighted by Crippen LogP contribution is -2.13. The quantitative estimate of drug-likeness (QED) is 0.288. The summed E-state index contributed by atoms with van der Waals surface area (Å²) in [5.41, 5.74) is 3.66. The van der Waals surface area contributed by atoms with Crippen LogP contribution in [0.25, 0.3) is 6.08 Å². The molecule has 0 saturated carbocycles. The van der Waals surface area contributed by atoms with Crippen molar-refractivity contribution in [3.8, 4) is 5.75 Å². The maximum Gasteiger partial charge on any atom is 0.513 e. The molecule has 0 aromatic heterocycles. The van der Waals surface area contributed by atoms with E-state index in [-0.39, 0.29) is 24.2 Å². The van der Waals surface area contributed by atoms with Gasteiger partial charge in [-0.25, -0.2) is 4.79 Å². The lowest BCUT2D eigenvalue weighted by molar-refractivity contribution is -0.111. The maximum atomic E-state index is 12.4. The van der Waals surface area contributed by atoms with Gasteiger partial charge >= 0.3 is 6.16 Å². The van der Waals surface area contributed by atoms with E-state index >= 15 is 0 Å². The standard InChI is InChI=1S/C26H24N2O5/c1-3-32-26(31)33-23-15-9-20(10-16-23)25(30)28-22-13-11-21(12-14-22)27-24(29)17-8-19-6-4-18(2)5-7-19/h4-17H,3H2,1-2H3,(H,27,29)(H,28,30)/b17-8+. The molecule has 3 aromatic rings. The van der Waals surface area contributed by atoms with Crippen LogP contribution in [0.5, 0.6) is 5.75 Å². The van der Waals surface area contributed by atoms with E-state index in [1.165, 1.54) is 18.2 Å². The molecule has 7 nitrogen and oxygen atoms in total. The van der Waals surface area contributed by atoms with Crippen LogP contribution in [0.15, 0.2) is 78.9 Å². The van der Waals surface area contributed by atoms with Crippen molar-refractivity contribution in [1.29, 1.82) is 0 Å². The molecular weight excluding hydrogens is 420 g/mol. The Balaban J connectivity index is 1.52. The van der Waals surface area contributed by atoms with Crippen LogP contribution in [0.3, 0.4) is 0 Å². The first-order valence-electron chi connectivity index (χ1n) is 10.3. The lowest BCUT2D eigenvalue weighted by Gasteiger charge is -2.08. The van der Waals surface area contributed by atoms with E-state index in [4.69, 9.17) is 9.47 Å². The van der Waals surface area contributed by atoms with Crippen LogP contribution in [0, 0.1) is 6.92 Å². The SMILES string of the molecule is CCOC(=O)Oc1ccc(C(=O)Nc2ccc(NC(=O)/C=C/c3ccc(C)cc3)cc2)cc1. The van der Waals surface area contributed by atoms with Crippen molar-refractivity contribution in [1.82, 2.24) is 0 Å². The zero-order valence-electron chi connectivity index (χ0n) is 18.3. The van der Waals surface area contributed by atoms with Gasteiger partial charge in [0.15, 0.2) is 0 Å². The second-order valence-electron chi connectivity index (χ2n) is 7.07. The van der Waals surface area contributed by atoms with Gasteiger partial charge in [-0.15, -0.1) is 0 Å². The first-order valence-corrected chi connectivity index (χ1v) is 10.3. The zero-order chi connectivity index (χ0) is 23.6. The van der Waals surface area contributed by atoms with E-state index in [0.29, 0.717) is 16.9 Å². The number of carbonyl (C=O) groups is 3. The van der Waals surface area contributed by atoms with Gasteiger partial charge in [-0.05, 0) is 74.0 Å². The summed E-state index contributed by atoms with van der Waals surface area (Å²) >= 11 is 0. The third kappa shape index (κ3) is 7.36. The fourth-order valence-electron chi connectivity index (χ4n) is 2.79. The summed E-state index contributed by atoms with van der Waals surface area (Å²) in [6, 6.07) is 20.7. The Morgan fingerprint density at radius 1 is 0.818 bits per heavy atom. The highest BCUT2D eigenvalue weighted by Gasteiger charge is 2.09. The molecule has 0 spiro atoms. The Labute approximate surface area is 192 Å². The van der Waals surface area contributed by atoms with Gasteiger partial charge in [-0.2, -0.15) is 0 Å². The summed E-state index contributed by atoms with van der Waals surface area (Å²) in [5, 5.41) is 5.55. The smallest absolute Gasteiger partial charge is 0.434 e. The van der Waals surface area contributed by atoms with E-state index in [1.807, 2.05) is 31.2 Å². The highest BCUT2D eigenvalue weighted by molar-refractivity contribution is 6.05. The van der Waals surface area contributed by atoms with E-state index in [9.17, 15) is 14.4 Å². The largest absolute Gasteiger partial charge is 0.513 e. The fourth-order valence-corrected chi connectivity index (χ4v) is 2.79. The van der Waals surface area contributed by atoms with Crippen molar-refractivity contribution in [3.05, 3.63) is 95.6 Å². The number of carbonyl (C=O) groups excluding carboxylic acids is 3. The number of nitrogens with one attached hydrogen (secondary N) is 2. The number of ether oxygens (including phenoxy) is 2. The monoisotopic (exact) mass is 444 g/mol. The Hall–Kier alpha value is -4.39. The van der Waals surface area contributed by atoms with Crippen molar-refractivity contribution < 1.29 is 23.9 Å². The van der Waals surface area contributed by atoms with Crippen LogP contribution < -0.4 is 15.4 Å². The molecule has 3 rings (SSSR count). The number of amides is 2. The van der Waals surface area contributed by atoms with Gasteiger partial charge in [0.25, 0.3) is 5.91 Å². The number of anilines is 2. The Bertz CT molecular complexity index is 1130. The highest BCUT2D eigenvalue weighted by Crippen LogP contribution is 2.17. The molecule has 0 aliphatic heterocycles. The van der Waals surface area contributed by atoms with E-state index in [2.05, 4.69) is 10.6 Å². The van der Waals surface area contributed by atoms with E-state index < -0.39 is 6.16 Å². The Kier molecular flexibility index (Phi) is 7.96. The molecule has 0 fully saturated rings. The highest BCUT2D eigenvalue weighted by atomic mass is 16.7. The molecule has 2 amide bonds. The summed E-state index contributed by atoms with van der Waals surface area (Å²) in [6.07, 6.45) is 2.41. The first kappa shape index (κ1) is 23.3. The molecular formula is C26H24N2O5. The molecule has 0 atom stereocenters. The van der Waals surface area contributed by atoms with Crippen LogP contribution in [0.2, 0.25) is 0 Å². The van der Waals surface area contributed by atoms with Crippen molar-refractivity contribution in [3.63, 3.8) is 0 Å². The maximum absolute atomic E-state index is 12.4. The number of hydrogen-bond acceptors (Lipinski definition) is 5.